The molecule has 176 valence electrons. The third kappa shape index (κ3) is 5.45. The van der Waals surface area contributed by atoms with Gasteiger partial charge in [0.1, 0.15) is 16.3 Å². The molecular formula is C22H26ClN5O4S. The summed E-state index contributed by atoms with van der Waals surface area (Å²) in [5.41, 5.74) is 3.20. The van der Waals surface area contributed by atoms with Gasteiger partial charge < -0.3 is 10.0 Å². The summed E-state index contributed by atoms with van der Waals surface area (Å²) in [6.07, 6.45) is 2.86. The monoisotopic (exact) mass is 491 g/mol. The second-order valence-corrected chi connectivity index (χ2v) is 9.79. The molecule has 2 N–H and O–H groups in total. The van der Waals surface area contributed by atoms with Gasteiger partial charge in [-0.25, -0.2) is 18.2 Å². The summed E-state index contributed by atoms with van der Waals surface area (Å²) < 4.78 is 29.5. The van der Waals surface area contributed by atoms with Gasteiger partial charge in [0.25, 0.3) is 10.0 Å². The highest BCUT2D eigenvalue weighted by Gasteiger charge is 2.21. The van der Waals surface area contributed by atoms with E-state index in [1.54, 1.807) is 24.1 Å². The minimum atomic E-state index is -4.01. The fourth-order valence-electron chi connectivity index (χ4n) is 3.63. The summed E-state index contributed by atoms with van der Waals surface area (Å²) in [5, 5.41) is 14.2. The Morgan fingerprint density at radius 1 is 1.27 bits per heavy atom. The number of carboxylic acid groups (broad SMARTS) is 1. The number of nitrogens with zero attached hydrogens (tertiary/aromatic N) is 4. The van der Waals surface area contributed by atoms with Crippen molar-refractivity contribution in [2.45, 2.75) is 31.6 Å². The lowest BCUT2D eigenvalue weighted by molar-refractivity contribution is 0.0697. The molecule has 0 spiro atoms. The molecule has 3 aromatic rings. The Morgan fingerprint density at radius 2 is 1.97 bits per heavy atom. The van der Waals surface area contributed by atoms with Gasteiger partial charge in [-0.05, 0) is 50.5 Å². The first-order valence-electron chi connectivity index (χ1n) is 10.2. The Bertz CT molecular complexity index is 1290. The van der Waals surface area contributed by atoms with E-state index < -0.39 is 16.0 Å². The molecule has 2 heterocycles. The topological polar surface area (TPSA) is 117 Å². The van der Waals surface area contributed by atoms with Gasteiger partial charge in [-0.1, -0.05) is 23.7 Å². The van der Waals surface area contributed by atoms with Crippen LogP contribution in [0.15, 0.2) is 41.4 Å². The van der Waals surface area contributed by atoms with E-state index in [9.17, 15) is 18.3 Å². The van der Waals surface area contributed by atoms with Crippen molar-refractivity contribution in [2.24, 2.45) is 7.05 Å². The Hall–Kier alpha value is -3.11. The van der Waals surface area contributed by atoms with Crippen LogP contribution in [0.3, 0.4) is 0 Å². The summed E-state index contributed by atoms with van der Waals surface area (Å²) in [5.74, 6) is -0.954. The van der Waals surface area contributed by atoms with E-state index in [1.165, 1.54) is 30.0 Å². The van der Waals surface area contributed by atoms with Gasteiger partial charge in [0.05, 0.1) is 22.6 Å². The largest absolute Gasteiger partial charge is 0.478 e. The van der Waals surface area contributed by atoms with Crippen molar-refractivity contribution in [3.63, 3.8) is 0 Å². The number of halogens is 1. The Kier molecular flexibility index (Phi) is 7.28. The molecule has 0 aliphatic rings. The number of aromatic carboxylic acids is 1. The molecule has 0 aliphatic carbocycles. The molecule has 0 unspecified atom stereocenters. The summed E-state index contributed by atoms with van der Waals surface area (Å²) in [6, 6.07) is 7.25. The van der Waals surface area contributed by atoms with Crippen molar-refractivity contribution in [3.8, 4) is 0 Å². The molecule has 0 fully saturated rings. The van der Waals surface area contributed by atoms with Crippen LogP contribution in [-0.2, 0) is 23.5 Å². The number of sulfonamides is 1. The lowest BCUT2D eigenvalue weighted by Crippen LogP contribution is -2.23. The van der Waals surface area contributed by atoms with Crippen LogP contribution in [0.25, 0.3) is 0 Å². The molecule has 0 saturated heterocycles. The minimum absolute atomic E-state index is 0.0334. The van der Waals surface area contributed by atoms with Crippen LogP contribution in [0.2, 0.25) is 5.02 Å². The third-order valence-electron chi connectivity index (χ3n) is 5.42. The molecular weight excluding hydrogens is 466 g/mol. The number of benzene rings is 1. The summed E-state index contributed by atoms with van der Waals surface area (Å²) in [6.45, 7) is 4.55. The molecule has 0 aliphatic heterocycles. The van der Waals surface area contributed by atoms with Gasteiger partial charge in [0, 0.05) is 26.3 Å². The Labute approximate surface area is 198 Å². The number of rotatable bonds is 9. The molecule has 0 saturated carbocycles. The number of carboxylic acids is 1. The number of aryl methyl sites for hydroxylation is 2. The fraction of sp³-hybridized carbons (Fsp3) is 0.318. The van der Waals surface area contributed by atoms with Gasteiger partial charge in [-0.3, -0.25) is 9.40 Å². The van der Waals surface area contributed by atoms with E-state index >= 15 is 0 Å². The number of anilines is 2. The number of nitrogens with one attached hydrogen (secondary N) is 1. The van der Waals surface area contributed by atoms with Crippen molar-refractivity contribution in [3.05, 3.63) is 64.1 Å². The van der Waals surface area contributed by atoms with Gasteiger partial charge in [0.15, 0.2) is 0 Å². The zero-order chi connectivity index (χ0) is 24.3. The average Bonchev–Trinajstić information content (AvgIpc) is 2.99. The number of hydrogen-bond acceptors (Lipinski definition) is 6. The first-order chi connectivity index (χ1) is 15.5. The molecule has 11 heteroatoms. The first-order valence-corrected chi connectivity index (χ1v) is 12.1. The number of aromatic nitrogens is 3. The van der Waals surface area contributed by atoms with E-state index in [2.05, 4.69) is 14.8 Å². The number of hydrogen-bond donors (Lipinski definition) is 2. The van der Waals surface area contributed by atoms with E-state index in [1.807, 2.05) is 25.6 Å². The van der Waals surface area contributed by atoms with Crippen LogP contribution >= 0.6 is 11.6 Å². The predicted molar refractivity (Wildman–Crippen MR) is 128 cm³/mol. The predicted octanol–water partition coefficient (Wildman–Crippen LogP) is 3.65. The standard InChI is InChI=1S/C22H26ClN5O4S/c1-14-17(15(2)28(4)25-14)8-7-11-27(3)21-18(22(29)30)12-16(13-24-21)26-33(31,32)20-10-6-5-9-19(20)23/h5-6,9-10,12-13,26H,7-8,11H2,1-4H3,(H,29,30). The molecule has 0 atom stereocenters. The Morgan fingerprint density at radius 3 is 2.58 bits per heavy atom. The highest BCUT2D eigenvalue weighted by molar-refractivity contribution is 7.92. The van der Waals surface area contributed by atoms with Crippen LogP contribution in [-0.4, -0.2) is 47.9 Å². The SMILES string of the molecule is Cc1nn(C)c(C)c1CCCN(C)c1ncc(NS(=O)(=O)c2ccccc2Cl)cc1C(=O)O. The minimum Gasteiger partial charge on any atom is -0.478 e. The highest BCUT2D eigenvalue weighted by Crippen LogP contribution is 2.26. The van der Waals surface area contributed by atoms with Crippen molar-refractivity contribution in [2.75, 3.05) is 23.2 Å². The van der Waals surface area contributed by atoms with Gasteiger partial charge in [-0.15, -0.1) is 0 Å². The zero-order valence-electron chi connectivity index (χ0n) is 18.8. The summed E-state index contributed by atoms with van der Waals surface area (Å²) in [4.78, 5) is 17.8. The van der Waals surface area contributed by atoms with Crippen molar-refractivity contribution in [1.82, 2.24) is 14.8 Å². The third-order valence-corrected chi connectivity index (χ3v) is 7.30. The normalized spacial score (nSPS) is 11.4. The zero-order valence-corrected chi connectivity index (χ0v) is 20.4. The second-order valence-electron chi connectivity index (χ2n) is 7.73. The van der Waals surface area contributed by atoms with Crippen molar-refractivity contribution >= 4 is 39.1 Å². The quantitative estimate of drug-likeness (QED) is 0.469. The lowest BCUT2D eigenvalue weighted by atomic mass is 10.1. The van der Waals surface area contributed by atoms with Crippen molar-refractivity contribution in [1.29, 1.82) is 0 Å². The highest BCUT2D eigenvalue weighted by atomic mass is 35.5. The van der Waals surface area contributed by atoms with Gasteiger partial charge in [-0.2, -0.15) is 5.10 Å². The summed E-state index contributed by atoms with van der Waals surface area (Å²) >= 11 is 6.00. The lowest BCUT2D eigenvalue weighted by Gasteiger charge is -2.21. The van der Waals surface area contributed by atoms with E-state index in [4.69, 9.17) is 11.6 Å². The molecule has 0 amide bonds. The molecule has 9 nitrogen and oxygen atoms in total. The molecule has 3 rings (SSSR count). The van der Waals surface area contributed by atoms with Crippen molar-refractivity contribution < 1.29 is 18.3 Å². The molecule has 0 radical (unpaired) electrons. The average molecular weight is 492 g/mol. The maximum Gasteiger partial charge on any atom is 0.339 e. The van der Waals surface area contributed by atoms with Crippen LogP contribution in [0.1, 0.15) is 33.7 Å². The van der Waals surface area contributed by atoms with Gasteiger partial charge in [0.2, 0.25) is 0 Å². The fourth-order valence-corrected chi connectivity index (χ4v) is 5.18. The summed E-state index contributed by atoms with van der Waals surface area (Å²) in [7, 11) is -0.346. The maximum atomic E-state index is 12.7. The van der Waals surface area contributed by atoms with E-state index in [-0.39, 0.29) is 27.0 Å². The van der Waals surface area contributed by atoms with E-state index in [0.29, 0.717) is 6.54 Å². The maximum absolute atomic E-state index is 12.7. The van der Waals surface area contributed by atoms with Crippen LogP contribution < -0.4 is 9.62 Å². The molecule has 33 heavy (non-hydrogen) atoms. The first kappa shape index (κ1) is 24.5. The molecule has 1 aromatic carbocycles. The molecule has 2 aromatic heterocycles. The number of carbonyl (C=O) groups is 1. The van der Waals surface area contributed by atoms with Crippen LogP contribution in [0, 0.1) is 13.8 Å². The van der Waals surface area contributed by atoms with Crippen LogP contribution in [0.5, 0.6) is 0 Å². The molecule has 0 bridgehead atoms. The smallest absolute Gasteiger partial charge is 0.339 e. The number of pyridine rings is 1. The van der Waals surface area contributed by atoms with Gasteiger partial charge >= 0.3 is 5.97 Å². The second kappa shape index (κ2) is 9.80. The van der Waals surface area contributed by atoms with E-state index in [0.717, 1.165) is 24.2 Å². The van der Waals surface area contributed by atoms with Crippen LogP contribution in [0.4, 0.5) is 11.5 Å². The Balaban J connectivity index is 1.77.